The molecular formula is C17H25FN2O2. The number of hydrogen-bond acceptors (Lipinski definition) is 3. The lowest BCUT2D eigenvalue weighted by Crippen LogP contribution is -2.45. The van der Waals surface area contributed by atoms with Crippen LogP contribution in [0.4, 0.5) is 4.39 Å². The second-order valence-corrected chi connectivity index (χ2v) is 6.03. The highest BCUT2D eigenvalue weighted by Gasteiger charge is 2.40. The quantitative estimate of drug-likeness (QED) is 0.704. The molecule has 1 aliphatic rings. The molecule has 1 heterocycles. The molecule has 1 aromatic rings. The van der Waals surface area contributed by atoms with Crippen molar-refractivity contribution in [2.24, 2.45) is 5.92 Å². The van der Waals surface area contributed by atoms with Gasteiger partial charge in [0.25, 0.3) is 0 Å². The van der Waals surface area contributed by atoms with Gasteiger partial charge in [0.05, 0.1) is 5.60 Å². The van der Waals surface area contributed by atoms with Crippen LogP contribution in [-0.2, 0) is 10.4 Å². The van der Waals surface area contributed by atoms with E-state index in [0.717, 1.165) is 19.4 Å². The Balaban J connectivity index is 2.16. The molecule has 1 amide bonds. The van der Waals surface area contributed by atoms with Crippen LogP contribution < -0.4 is 10.6 Å². The molecule has 0 saturated carbocycles. The number of benzene rings is 1. The van der Waals surface area contributed by atoms with Gasteiger partial charge in [0, 0.05) is 31.5 Å². The Morgan fingerprint density at radius 3 is 2.91 bits per heavy atom. The zero-order chi connectivity index (χ0) is 16.0. The minimum atomic E-state index is -1.20. The molecule has 0 bridgehead atoms. The van der Waals surface area contributed by atoms with Crippen molar-refractivity contribution >= 4 is 5.91 Å². The van der Waals surface area contributed by atoms with Gasteiger partial charge >= 0.3 is 0 Å². The minimum Gasteiger partial charge on any atom is -0.385 e. The first-order valence-corrected chi connectivity index (χ1v) is 7.96. The van der Waals surface area contributed by atoms with Gasteiger partial charge in [-0.2, -0.15) is 0 Å². The van der Waals surface area contributed by atoms with Crippen LogP contribution in [0.3, 0.4) is 0 Å². The second-order valence-electron chi connectivity index (χ2n) is 6.03. The van der Waals surface area contributed by atoms with E-state index >= 15 is 0 Å². The van der Waals surface area contributed by atoms with E-state index in [1.165, 1.54) is 13.0 Å². The number of nitrogens with one attached hydrogen (secondary N) is 2. The summed E-state index contributed by atoms with van der Waals surface area (Å²) < 4.78 is 14.2. The van der Waals surface area contributed by atoms with Crippen molar-refractivity contribution in [1.29, 1.82) is 0 Å². The summed E-state index contributed by atoms with van der Waals surface area (Å²) in [5.41, 5.74) is -0.830. The van der Waals surface area contributed by atoms with Crippen LogP contribution in [0.1, 0.15) is 38.2 Å². The molecule has 1 saturated heterocycles. The van der Waals surface area contributed by atoms with E-state index in [4.69, 9.17) is 0 Å². The fraction of sp³-hybridized carbons (Fsp3) is 0.588. The van der Waals surface area contributed by atoms with Crippen LogP contribution >= 0.6 is 0 Å². The molecule has 0 aliphatic carbocycles. The molecule has 0 aromatic heterocycles. The summed E-state index contributed by atoms with van der Waals surface area (Å²) in [4.78, 5) is 11.0. The van der Waals surface area contributed by atoms with Crippen LogP contribution in [0.2, 0.25) is 0 Å². The van der Waals surface area contributed by atoms with Gasteiger partial charge in [0.1, 0.15) is 5.82 Å². The Morgan fingerprint density at radius 2 is 2.27 bits per heavy atom. The van der Waals surface area contributed by atoms with Gasteiger partial charge in [-0.1, -0.05) is 18.2 Å². The van der Waals surface area contributed by atoms with Crippen LogP contribution in [0.15, 0.2) is 24.3 Å². The molecule has 22 heavy (non-hydrogen) atoms. The monoisotopic (exact) mass is 308 g/mol. The van der Waals surface area contributed by atoms with E-state index in [1.807, 2.05) is 0 Å². The molecule has 122 valence electrons. The number of aliphatic hydroxyl groups is 1. The van der Waals surface area contributed by atoms with E-state index in [9.17, 15) is 14.3 Å². The first-order valence-electron chi connectivity index (χ1n) is 7.96. The fourth-order valence-electron chi connectivity index (χ4n) is 3.25. The summed E-state index contributed by atoms with van der Waals surface area (Å²) in [5.74, 6) is -0.473. The fourth-order valence-corrected chi connectivity index (χ4v) is 3.25. The molecule has 1 aromatic carbocycles. The van der Waals surface area contributed by atoms with Gasteiger partial charge in [-0.15, -0.1) is 0 Å². The zero-order valence-electron chi connectivity index (χ0n) is 13.1. The summed E-state index contributed by atoms with van der Waals surface area (Å²) in [5, 5.41) is 17.3. The van der Waals surface area contributed by atoms with Gasteiger partial charge < -0.3 is 15.7 Å². The summed E-state index contributed by atoms with van der Waals surface area (Å²) in [6, 6.07) is 6.45. The van der Waals surface area contributed by atoms with Crippen molar-refractivity contribution in [2.45, 2.75) is 38.2 Å². The smallest absolute Gasteiger partial charge is 0.216 e. The predicted octanol–water partition coefficient (Wildman–Crippen LogP) is 1.93. The molecule has 2 unspecified atom stereocenters. The van der Waals surface area contributed by atoms with Crippen molar-refractivity contribution in [1.82, 2.24) is 10.6 Å². The SMILES string of the molecule is CC(=O)NCCCC(O)(c1ccccc1F)C1CCCNC1. The number of amides is 1. The minimum absolute atomic E-state index is 0.0181. The summed E-state index contributed by atoms with van der Waals surface area (Å²) in [6.07, 6.45) is 2.90. The van der Waals surface area contributed by atoms with Crippen molar-refractivity contribution in [3.63, 3.8) is 0 Å². The van der Waals surface area contributed by atoms with Crippen LogP contribution in [0, 0.1) is 11.7 Å². The Hall–Kier alpha value is -1.46. The van der Waals surface area contributed by atoms with Crippen molar-refractivity contribution in [3.05, 3.63) is 35.6 Å². The molecule has 1 aliphatic heterocycles. The first kappa shape index (κ1) is 16.9. The Morgan fingerprint density at radius 1 is 1.50 bits per heavy atom. The highest BCUT2D eigenvalue weighted by Crippen LogP contribution is 2.38. The molecular weight excluding hydrogens is 283 g/mol. The standard InChI is InChI=1S/C17H25FN2O2/c1-13(21)20-11-5-9-17(22,14-6-4-10-19-12-14)15-7-2-3-8-16(15)18/h2-3,7-8,14,19,22H,4-6,9-12H2,1H3,(H,20,21). The molecule has 2 atom stereocenters. The lowest BCUT2D eigenvalue weighted by molar-refractivity contribution is -0.119. The average Bonchev–Trinajstić information content (AvgIpc) is 2.52. The van der Waals surface area contributed by atoms with Crippen LogP contribution in [-0.4, -0.2) is 30.6 Å². The third-order valence-corrected chi connectivity index (χ3v) is 4.42. The molecule has 5 heteroatoms. The third kappa shape index (κ3) is 4.05. The van der Waals surface area contributed by atoms with Crippen molar-refractivity contribution in [2.75, 3.05) is 19.6 Å². The average molecular weight is 308 g/mol. The predicted molar refractivity (Wildman–Crippen MR) is 83.8 cm³/mol. The number of rotatable bonds is 6. The maximum atomic E-state index is 14.2. The summed E-state index contributed by atoms with van der Waals surface area (Å²) in [6.45, 7) is 3.58. The van der Waals surface area contributed by atoms with E-state index < -0.39 is 5.60 Å². The van der Waals surface area contributed by atoms with Gasteiger partial charge in [0.15, 0.2) is 0 Å². The van der Waals surface area contributed by atoms with Gasteiger partial charge in [0.2, 0.25) is 5.91 Å². The van der Waals surface area contributed by atoms with Gasteiger partial charge in [-0.05, 0) is 38.3 Å². The summed E-state index contributed by atoms with van der Waals surface area (Å²) >= 11 is 0. The largest absolute Gasteiger partial charge is 0.385 e. The molecule has 0 spiro atoms. The van der Waals surface area contributed by atoms with Crippen molar-refractivity contribution < 1.29 is 14.3 Å². The van der Waals surface area contributed by atoms with E-state index in [0.29, 0.717) is 31.5 Å². The molecule has 1 fully saturated rings. The zero-order valence-corrected chi connectivity index (χ0v) is 13.1. The van der Waals surface area contributed by atoms with E-state index in [1.54, 1.807) is 18.2 Å². The summed E-state index contributed by atoms with van der Waals surface area (Å²) in [7, 11) is 0. The number of halogens is 1. The van der Waals surface area contributed by atoms with Crippen LogP contribution in [0.25, 0.3) is 0 Å². The lowest BCUT2D eigenvalue weighted by atomic mass is 9.74. The highest BCUT2D eigenvalue weighted by molar-refractivity contribution is 5.72. The van der Waals surface area contributed by atoms with Gasteiger partial charge in [-0.25, -0.2) is 4.39 Å². The van der Waals surface area contributed by atoms with E-state index in [2.05, 4.69) is 10.6 Å². The Bertz CT molecular complexity index is 503. The normalized spacial score (nSPS) is 21.1. The number of piperidine rings is 1. The topological polar surface area (TPSA) is 61.4 Å². The third-order valence-electron chi connectivity index (χ3n) is 4.42. The van der Waals surface area contributed by atoms with Crippen LogP contribution in [0.5, 0.6) is 0 Å². The number of carbonyl (C=O) groups excluding carboxylic acids is 1. The lowest BCUT2D eigenvalue weighted by Gasteiger charge is -2.39. The highest BCUT2D eigenvalue weighted by atomic mass is 19.1. The molecule has 4 nitrogen and oxygen atoms in total. The van der Waals surface area contributed by atoms with Gasteiger partial charge in [-0.3, -0.25) is 4.79 Å². The van der Waals surface area contributed by atoms with Crippen molar-refractivity contribution in [3.8, 4) is 0 Å². The maximum Gasteiger partial charge on any atom is 0.216 e. The molecule has 2 rings (SSSR count). The number of carbonyl (C=O) groups is 1. The first-order chi connectivity index (χ1) is 10.5. The Labute approximate surface area is 131 Å². The second kappa shape index (κ2) is 7.70. The van der Waals surface area contributed by atoms with E-state index in [-0.39, 0.29) is 17.6 Å². The Kier molecular flexibility index (Phi) is 5.91. The maximum absolute atomic E-state index is 14.2. The molecule has 3 N–H and O–H groups in total. The number of hydrogen-bond donors (Lipinski definition) is 3. The molecule has 0 radical (unpaired) electrons.